The molecule has 1 N–H and O–H groups in total. The minimum absolute atomic E-state index is 0.00779. The average Bonchev–Trinajstić information content (AvgIpc) is 2.26. The van der Waals surface area contributed by atoms with Crippen molar-refractivity contribution in [2.24, 2.45) is 5.92 Å². The molecule has 0 amide bonds. The van der Waals surface area contributed by atoms with Gasteiger partial charge in [0.05, 0.1) is 13.0 Å². The standard InChI is InChI=1S/C11H12F3NO2/c1-6(11(16)17-2)5-15-10-8(13)3-7(12)4-9(10)14/h3-4,6,15H,5H2,1-2H3. The molecule has 0 aliphatic heterocycles. The lowest BCUT2D eigenvalue weighted by atomic mass is 10.2. The highest BCUT2D eigenvalue weighted by Crippen LogP contribution is 2.20. The molecule has 1 aromatic carbocycles. The monoisotopic (exact) mass is 247 g/mol. The quantitative estimate of drug-likeness (QED) is 0.830. The molecule has 1 atom stereocenters. The van der Waals surface area contributed by atoms with Gasteiger partial charge in [-0.1, -0.05) is 6.92 Å². The summed E-state index contributed by atoms with van der Waals surface area (Å²) >= 11 is 0. The zero-order chi connectivity index (χ0) is 13.0. The highest BCUT2D eigenvalue weighted by molar-refractivity contribution is 5.72. The van der Waals surface area contributed by atoms with Crippen molar-refractivity contribution in [3.8, 4) is 0 Å². The Morgan fingerprint density at radius 1 is 1.35 bits per heavy atom. The molecule has 0 saturated heterocycles. The van der Waals surface area contributed by atoms with Crippen LogP contribution in [0.15, 0.2) is 12.1 Å². The van der Waals surface area contributed by atoms with E-state index in [9.17, 15) is 18.0 Å². The third-order valence-electron chi connectivity index (χ3n) is 2.20. The number of halogens is 3. The number of ether oxygens (including phenoxy) is 1. The van der Waals surface area contributed by atoms with Crippen molar-refractivity contribution in [2.45, 2.75) is 6.92 Å². The van der Waals surface area contributed by atoms with Crippen LogP contribution in [-0.2, 0) is 9.53 Å². The molecular formula is C11H12F3NO2. The lowest BCUT2D eigenvalue weighted by Crippen LogP contribution is -2.22. The fourth-order valence-corrected chi connectivity index (χ4v) is 1.25. The van der Waals surface area contributed by atoms with E-state index < -0.39 is 35.0 Å². The Balaban J connectivity index is 2.73. The van der Waals surface area contributed by atoms with Gasteiger partial charge in [-0.2, -0.15) is 0 Å². The summed E-state index contributed by atoms with van der Waals surface area (Å²) in [6.45, 7) is 1.53. The van der Waals surface area contributed by atoms with Gasteiger partial charge in [0, 0.05) is 18.7 Å². The van der Waals surface area contributed by atoms with Crippen molar-refractivity contribution in [3.05, 3.63) is 29.6 Å². The van der Waals surface area contributed by atoms with Gasteiger partial charge in [0.2, 0.25) is 0 Å². The zero-order valence-corrected chi connectivity index (χ0v) is 9.39. The average molecular weight is 247 g/mol. The second kappa shape index (κ2) is 5.56. The minimum Gasteiger partial charge on any atom is -0.469 e. The first-order valence-corrected chi connectivity index (χ1v) is 4.92. The Labute approximate surface area is 96.6 Å². The lowest BCUT2D eigenvalue weighted by Gasteiger charge is -2.12. The van der Waals surface area contributed by atoms with Crippen LogP contribution < -0.4 is 5.32 Å². The van der Waals surface area contributed by atoms with E-state index in [1.54, 1.807) is 0 Å². The van der Waals surface area contributed by atoms with Gasteiger partial charge in [0.1, 0.15) is 11.5 Å². The van der Waals surface area contributed by atoms with Crippen LogP contribution in [0.1, 0.15) is 6.92 Å². The molecule has 0 fully saturated rings. The molecule has 0 heterocycles. The molecular weight excluding hydrogens is 235 g/mol. The molecule has 0 aliphatic rings. The number of carbonyl (C=O) groups is 1. The Morgan fingerprint density at radius 3 is 2.35 bits per heavy atom. The van der Waals surface area contributed by atoms with Gasteiger partial charge in [-0.15, -0.1) is 0 Å². The summed E-state index contributed by atoms with van der Waals surface area (Å²) < 4.78 is 43.4. The van der Waals surface area contributed by atoms with Crippen molar-refractivity contribution in [1.29, 1.82) is 0 Å². The van der Waals surface area contributed by atoms with Gasteiger partial charge in [0.15, 0.2) is 11.6 Å². The predicted octanol–water partition coefficient (Wildman–Crippen LogP) is 2.32. The van der Waals surface area contributed by atoms with Gasteiger partial charge >= 0.3 is 5.97 Å². The topological polar surface area (TPSA) is 38.3 Å². The van der Waals surface area contributed by atoms with Crippen LogP contribution >= 0.6 is 0 Å². The summed E-state index contributed by atoms with van der Waals surface area (Å²) in [6.07, 6.45) is 0. The van der Waals surface area contributed by atoms with Crippen LogP contribution in [0, 0.1) is 23.4 Å². The molecule has 0 saturated carbocycles. The summed E-state index contributed by atoms with van der Waals surface area (Å²) in [6, 6.07) is 1.13. The van der Waals surface area contributed by atoms with E-state index in [1.807, 2.05) is 0 Å². The molecule has 0 radical (unpaired) electrons. The summed E-state index contributed by atoms with van der Waals surface area (Å²) in [5, 5.41) is 2.41. The normalized spacial score (nSPS) is 12.1. The Morgan fingerprint density at radius 2 is 1.88 bits per heavy atom. The number of anilines is 1. The van der Waals surface area contributed by atoms with Crippen LogP contribution in [0.4, 0.5) is 18.9 Å². The van der Waals surface area contributed by atoms with Gasteiger partial charge < -0.3 is 10.1 Å². The molecule has 1 unspecified atom stereocenters. The van der Waals surface area contributed by atoms with Crippen molar-refractivity contribution < 1.29 is 22.7 Å². The van der Waals surface area contributed by atoms with Gasteiger partial charge in [-0.05, 0) is 0 Å². The number of nitrogens with one attached hydrogen (secondary N) is 1. The van der Waals surface area contributed by atoms with Crippen LogP contribution in [0.2, 0.25) is 0 Å². The maximum absolute atomic E-state index is 13.2. The largest absolute Gasteiger partial charge is 0.469 e. The fraction of sp³-hybridized carbons (Fsp3) is 0.364. The SMILES string of the molecule is COC(=O)C(C)CNc1c(F)cc(F)cc1F. The molecule has 17 heavy (non-hydrogen) atoms. The minimum atomic E-state index is -1.04. The van der Waals surface area contributed by atoms with E-state index in [1.165, 1.54) is 14.0 Å². The molecule has 0 aliphatic carbocycles. The smallest absolute Gasteiger partial charge is 0.310 e. The molecule has 0 aromatic heterocycles. The summed E-state index contributed by atoms with van der Waals surface area (Å²) in [5.41, 5.74) is -0.456. The number of rotatable bonds is 4. The third kappa shape index (κ3) is 3.37. The van der Waals surface area contributed by atoms with E-state index in [0.717, 1.165) is 0 Å². The summed E-state index contributed by atoms with van der Waals surface area (Å²) in [4.78, 5) is 11.0. The number of hydrogen-bond donors (Lipinski definition) is 1. The maximum atomic E-state index is 13.2. The van der Waals surface area contributed by atoms with Crippen molar-refractivity contribution in [1.82, 2.24) is 0 Å². The van der Waals surface area contributed by atoms with E-state index in [2.05, 4.69) is 10.1 Å². The van der Waals surface area contributed by atoms with Crippen LogP contribution in [0.3, 0.4) is 0 Å². The zero-order valence-electron chi connectivity index (χ0n) is 9.39. The molecule has 1 rings (SSSR count). The van der Waals surface area contributed by atoms with Gasteiger partial charge in [-0.3, -0.25) is 4.79 Å². The van der Waals surface area contributed by atoms with Gasteiger partial charge in [-0.25, -0.2) is 13.2 Å². The third-order valence-corrected chi connectivity index (χ3v) is 2.20. The number of hydrogen-bond acceptors (Lipinski definition) is 3. The van der Waals surface area contributed by atoms with Crippen LogP contribution in [0.25, 0.3) is 0 Å². The van der Waals surface area contributed by atoms with E-state index >= 15 is 0 Å². The fourth-order valence-electron chi connectivity index (χ4n) is 1.25. The van der Waals surface area contributed by atoms with Crippen molar-refractivity contribution in [2.75, 3.05) is 19.0 Å². The van der Waals surface area contributed by atoms with E-state index in [0.29, 0.717) is 12.1 Å². The van der Waals surface area contributed by atoms with E-state index in [4.69, 9.17) is 0 Å². The highest BCUT2D eigenvalue weighted by atomic mass is 19.1. The highest BCUT2D eigenvalue weighted by Gasteiger charge is 2.16. The number of benzene rings is 1. The number of esters is 1. The predicted molar refractivity (Wildman–Crippen MR) is 56.0 cm³/mol. The maximum Gasteiger partial charge on any atom is 0.310 e. The lowest BCUT2D eigenvalue weighted by molar-refractivity contribution is -0.144. The molecule has 0 bridgehead atoms. The van der Waals surface area contributed by atoms with Crippen LogP contribution in [0.5, 0.6) is 0 Å². The first kappa shape index (κ1) is 13.3. The Kier molecular flexibility index (Phi) is 4.37. The number of methoxy groups -OCH3 is 1. The van der Waals surface area contributed by atoms with Gasteiger partial charge in [0.25, 0.3) is 0 Å². The second-order valence-electron chi connectivity index (χ2n) is 3.55. The summed E-state index contributed by atoms with van der Waals surface area (Å²) in [5.74, 6) is -4.14. The molecule has 6 heteroatoms. The molecule has 0 spiro atoms. The first-order valence-electron chi connectivity index (χ1n) is 4.92. The molecule has 3 nitrogen and oxygen atoms in total. The number of carbonyl (C=O) groups excluding carboxylic acids is 1. The second-order valence-corrected chi connectivity index (χ2v) is 3.55. The first-order chi connectivity index (χ1) is 7.95. The summed E-state index contributed by atoms with van der Waals surface area (Å²) in [7, 11) is 1.22. The molecule has 1 aromatic rings. The van der Waals surface area contributed by atoms with Crippen LogP contribution in [-0.4, -0.2) is 19.6 Å². The van der Waals surface area contributed by atoms with Crippen molar-refractivity contribution >= 4 is 11.7 Å². The Hall–Kier alpha value is -1.72. The Bertz CT molecular complexity index is 400. The van der Waals surface area contributed by atoms with E-state index in [-0.39, 0.29) is 6.54 Å². The van der Waals surface area contributed by atoms with Crippen molar-refractivity contribution in [3.63, 3.8) is 0 Å². The molecule has 94 valence electrons.